The molecule has 1 amide bonds. The molecule has 9 heteroatoms. The second kappa shape index (κ2) is 6.81. The molecule has 1 aliphatic heterocycles. The van der Waals surface area contributed by atoms with Crippen LogP contribution in [0.1, 0.15) is 16.2 Å². The number of alkyl halides is 3. The number of anilines is 1. The highest BCUT2D eigenvalue weighted by atomic mass is 19.4. The zero-order valence-electron chi connectivity index (χ0n) is 14.6. The number of aromatic amines is 1. The molecule has 0 unspecified atom stereocenters. The number of benzene rings is 2. The summed E-state index contributed by atoms with van der Waals surface area (Å²) in [6.07, 6.45) is -4.57. The first-order chi connectivity index (χ1) is 13.3. The lowest BCUT2D eigenvalue weighted by Crippen LogP contribution is -2.48. The molecule has 0 atom stereocenters. The number of carbonyl (C=O) groups is 1. The van der Waals surface area contributed by atoms with E-state index in [1.807, 2.05) is 0 Å². The van der Waals surface area contributed by atoms with Gasteiger partial charge in [0.2, 0.25) is 5.82 Å². The van der Waals surface area contributed by atoms with Crippen molar-refractivity contribution in [3.8, 4) is 0 Å². The molecule has 0 aliphatic carbocycles. The molecule has 4 rings (SSSR count). The maximum atomic E-state index is 13.0. The standard InChI is InChI=1S/C19H16F4N4O/c20-13-2-4-14(5-3-13)26-7-9-27(10-8-26)17(28)12-1-6-15-16(11-12)25-18(24-15)19(21,22)23/h1-6,11H,7-10H2,(H,24,25). The van der Waals surface area contributed by atoms with E-state index < -0.39 is 12.0 Å². The van der Waals surface area contributed by atoms with Crippen LogP contribution >= 0.6 is 0 Å². The van der Waals surface area contributed by atoms with Crippen molar-refractivity contribution >= 4 is 22.6 Å². The van der Waals surface area contributed by atoms with Gasteiger partial charge in [-0.05, 0) is 42.5 Å². The second-order valence-corrected chi connectivity index (χ2v) is 6.57. The van der Waals surface area contributed by atoms with E-state index in [9.17, 15) is 22.4 Å². The zero-order valence-corrected chi connectivity index (χ0v) is 14.6. The fourth-order valence-electron chi connectivity index (χ4n) is 3.28. The van der Waals surface area contributed by atoms with Crippen molar-refractivity contribution < 1.29 is 22.4 Å². The number of fused-ring (bicyclic) bond motifs is 1. The van der Waals surface area contributed by atoms with Gasteiger partial charge in [-0.25, -0.2) is 9.37 Å². The fourth-order valence-corrected chi connectivity index (χ4v) is 3.28. The molecule has 0 radical (unpaired) electrons. The summed E-state index contributed by atoms with van der Waals surface area (Å²) < 4.78 is 51.4. The highest BCUT2D eigenvalue weighted by molar-refractivity contribution is 5.97. The molecule has 3 aromatic rings. The Morgan fingerprint density at radius 3 is 2.32 bits per heavy atom. The van der Waals surface area contributed by atoms with Crippen LogP contribution in [0.15, 0.2) is 42.5 Å². The number of aromatic nitrogens is 2. The number of carbonyl (C=O) groups excluding carboxylic acids is 1. The smallest absolute Gasteiger partial charge is 0.368 e. The number of nitrogens with zero attached hydrogens (tertiary/aromatic N) is 3. The molecule has 0 saturated carbocycles. The number of nitrogens with one attached hydrogen (secondary N) is 1. The SMILES string of the molecule is O=C(c1ccc2nc(C(F)(F)F)[nH]c2c1)N1CCN(c2ccc(F)cc2)CC1. The van der Waals surface area contributed by atoms with Crippen molar-refractivity contribution in [2.75, 3.05) is 31.1 Å². The number of rotatable bonds is 2. The second-order valence-electron chi connectivity index (χ2n) is 6.57. The van der Waals surface area contributed by atoms with Gasteiger partial charge < -0.3 is 14.8 Å². The minimum absolute atomic E-state index is 0.157. The Morgan fingerprint density at radius 1 is 1.00 bits per heavy atom. The van der Waals surface area contributed by atoms with E-state index in [1.54, 1.807) is 17.0 Å². The van der Waals surface area contributed by atoms with E-state index in [0.717, 1.165) is 5.69 Å². The number of imidazole rings is 1. The van der Waals surface area contributed by atoms with Gasteiger partial charge in [0.1, 0.15) is 5.82 Å². The van der Waals surface area contributed by atoms with Crippen LogP contribution in [0.3, 0.4) is 0 Å². The maximum Gasteiger partial charge on any atom is 0.449 e. The molecule has 1 N–H and O–H groups in total. The number of halogens is 4. The van der Waals surface area contributed by atoms with Crippen LogP contribution in [-0.4, -0.2) is 47.0 Å². The van der Waals surface area contributed by atoms with Gasteiger partial charge >= 0.3 is 6.18 Å². The van der Waals surface area contributed by atoms with E-state index in [4.69, 9.17) is 0 Å². The molecule has 0 spiro atoms. The van der Waals surface area contributed by atoms with Gasteiger partial charge in [0.15, 0.2) is 0 Å². The number of H-pyrrole nitrogens is 1. The van der Waals surface area contributed by atoms with Gasteiger partial charge in [-0.1, -0.05) is 0 Å². The molecule has 2 heterocycles. The van der Waals surface area contributed by atoms with Crippen LogP contribution in [0.2, 0.25) is 0 Å². The maximum absolute atomic E-state index is 13.0. The largest absolute Gasteiger partial charge is 0.449 e. The monoisotopic (exact) mass is 392 g/mol. The molecule has 0 bridgehead atoms. The van der Waals surface area contributed by atoms with Crippen LogP contribution < -0.4 is 4.90 Å². The first-order valence-corrected chi connectivity index (χ1v) is 8.68. The lowest BCUT2D eigenvalue weighted by atomic mass is 10.1. The molecule has 5 nitrogen and oxygen atoms in total. The predicted molar refractivity (Wildman–Crippen MR) is 95.6 cm³/mol. The highest BCUT2D eigenvalue weighted by Crippen LogP contribution is 2.29. The Labute approximate surface area is 157 Å². The summed E-state index contributed by atoms with van der Waals surface area (Å²) in [6.45, 7) is 2.10. The normalized spacial score (nSPS) is 15.3. The average Bonchev–Trinajstić information content (AvgIpc) is 3.12. The first-order valence-electron chi connectivity index (χ1n) is 8.68. The third-order valence-corrected chi connectivity index (χ3v) is 4.76. The van der Waals surface area contributed by atoms with Crippen LogP contribution in [0.5, 0.6) is 0 Å². The summed E-state index contributed by atoms with van der Waals surface area (Å²) in [5.41, 5.74) is 1.51. The molecular weight excluding hydrogens is 376 g/mol. The number of amides is 1. The molecule has 2 aromatic carbocycles. The minimum atomic E-state index is -4.57. The Kier molecular flexibility index (Phi) is 4.44. The molecule has 1 fully saturated rings. The average molecular weight is 392 g/mol. The van der Waals surface area contributed by atoms with Crippen LogP contribution in [-0.2, 0) is 6.18 Å². The summed E-state index contributed by atoms with van der Waals surface area (Å²) in [4.78, 5) is 22.2. The van der Waals surface area contributed by atoms with Crippen LogP contribution in [0.25, 0.3) is 11.0 Å². The Morgan fingerprint density at radius 2 is 1.68 bits per heavy atom. The third-order valence-electron chi connectivity index (χ3n) is 4.76. The van der Waals surface area contributed by atoms with Gasteiger partial charge in [0.25, 0.3) is 5.91 Å². The summed E-state index contributed by atoms with van der Waals surface area (Å²) in [5.74, 6) is -1.63. The molecule has 1 aromatic heterocycles. The Balaban J connectivity index is 1.47. The van der Waals surface area contributed by atoms with Crippen molar-refractivity contribution in [3.63, 3.8) is 0 Å². The quantitative estimate of drug-likeness (QED) is 0.677. The first kappa shape index (κ1) is 18.3. The lowest BCUT2D eigenvalue weighted by Gasteiger charge is -2.36. The van der Waals surface area contributed by atoms with Gasteiger partial charge in [-0.3, -0.25) is 4.79 Å². The summed E-state index contributed by atoms with van der Waals surface area (Å²) >= 11 is 0. The minimum Gasteiger partial charge on any atom is -0.368 e. The third kappa shape index (κ3) is 3.51. The number of hydrogen-bond acceptors (Lipinski definition) is 3. The van der Waals surface area contributed by atoms with E-state index in [0.29, 0.717) is 31.7 Å². The fraction of sp³-hybridized carbons (Fsp3) is 0.263. The number of piperazine rings is 1. The van der Waals surface area contributed by atoms with E-state index >= 15 is 0 Å². The molecule has 28 heavy (non-hydrogen) atoms. The van der Waals surface area contributed by atoms with Crippen LogP contribution in [0.4, 0.5) is 23.2 Å². The van der Waals surface area contributed by atoms with Crippen molar-refractivity contribution in [3.05, 3.63) is 59.7 Å². The van der Waals surface area contributed by atoms with Gasteiger partial charge in [-0.15, -0.1) is 0 Å². The molecule has 1 saturated heterocycles. The van der Waals surface area contributed by atoms with Gasteiger partial charge in [0.05, 0.1) is 11.0 Å². The van der Waals surface area contributed by atoms with Crippen molar-refractivity contribution in [2.24, 2.45) is 0 Å². The van der Waals surface area contributed by atoms with E-state index in [1.165, 1.54) is 30.3 Å². The summed E-state index contributed by atoms with van der Waals surface area (Å²) in [7, 11) is 0. The van der Waals surface area contributed by atoms with Crippen LogP contribution in [0, 0.1) is 5.82 Å². The lowest BCUT2D eigenvalue weighted by molar-refractivity contribution is -0.144. The molecular formula is C19H16F4N4O. The van der Waals surface area contributed by atoms with Crippen molar-refractivity contribution in [2.45, 2.75) is 6.18 Å². The molecule has 146 valence electrons. The number of hydrogen-bond donors (Lipinski definition) is 1. The summed E-state index contributed by atoms with van der Waals surface area (Å²) in [6, 6.07) is 10.4. The summed E-state index contributed by atoms with van der Waals surface area (Å²) in [5, 5.41) is 0. The Bertz CT molecular complexity index is 1000. The van der Waals surface area contributed by atoms with E-state index in [-0.39, 0.29) is 22.8 Å². The predicted octanol–water partition coefficient (Wildman–Crippen LogP) is 3.68. The highest BCUT2D eigenvalue weighted by Gasteiger charge is 2.34. The van der Waals surface area contributed by atoms with Gasteiger partial charge in [-0.2, -0.15) is 13.2 Å². The zero-order chi connectivity index (χ0) is 19.9. The van der Waals surface area contributed by atoms with Gasteiger partial charge in [0, 0.05) is 37.4 Å². The van der Waals surface area contributed by atoms with Crippen molar-refractivity contribution in [1.29, 1.82) is 0 Å². The Hall–Kier alpha value is -3.10. The topological polar surface area (TPSA) is 52.2 Å². The van der Waals surface area contributed by atoms with E-state index in [2.05, 4.69) is 14.9 Å². The van der Waals surface area contributed by atoms with Crippen molar-refractivity contribution in [1.82, 2.24) is 14.9 Å². The molecule has 1 aliphatic rings.